The van der Waals surface area contributed by atoms with E-state index >= 15 is 0 Å². The quantitative estimate of drug-likeness (QED) is 0.359. The van der Waals surface area contributed by atoms with Crippen LogP contribution in [-0.2, 0) is 22.6 Å². The number of rotatable bonds is 11. The van der Waals surface area contributed by atoms with Gasteiger partial charge in [0, 0.05) is 19.0 Å². The first-order valence-electron chi connectivity index (χ1n) is 13.4. The molecule has 3 aromatic rings. The minimum Gasteiger partial charge on any atom is -0.484 e. The predicted octanol–water partition coefficient (Wildman–Crippen LogP) is 5.89. The lowest BCUT2D eigenvalue weighted by molar-refractivity contribution is -0.143. The first-order chi connectivity index (χ1) is 18.0. The van der Waals surface area contributed by atoms with E-state index < -0.39 is 6.04 Å². The number of nitrogens with one attached hydrogen (secondary N) is 1. The molecule has 0 radical (unpaired) electrons. The summed E-state index contributed by atoms with van der Waals surface area (Å²) in [6.45, 7) is 4.50. The van der Waals surface area contributed by atoms with Gasteiger partial charge in [0.2, 0.25) is 5.91 Å². The van der Waals surface area contributed by atoms with Gasteiger partial charge < -0.3 is 15.0 Å². The maximum absolute atomic E-state index is 13.7. The van der Waals surface area contributed by atoms with Gasteiger partial charge in [-0.2, -0.15) is 0 Å². The third kappa shape index (κ3) is 7.69. The number of hydrogen-bond acceptors (Lipinski definition) is 3. The molecule has 5 heteroatoms. The Bertz CT molecular complexity index is 1120. The average molecular weight is 499 g/mol. The van der Waals surface area contributed by atoms with E-state index in [9.17, 15) is 9.59 Å². The second kappa shape index (κ2) is 13.1. The van der Waals surface area contributed by atoms with Gasteiger partial charge in [0.1, 0.15) is 11.8 Å². The van der Waals surface area contributed by atoms with E-state index in [1.165, 1.54) is 5.56 Å². The van der Waals surface area contributed by atoms with Crippen molar-refractivity contribution in [3.63, 3.8) is 0 Å². The molecule has 0 aromatic heterocycles. The van der Waals surface area contributed by atoms with Crippen LogP contribution in [-0.4, -0.2) is 35.4 Å². The zero-order valence-corrected chi connectivity index (χ0v) is 21.9. The second-order valence-electron chi connectivity index (χ2n) is 10.2. The highest BCUT2D eigenvalue weighted by Gasteiger charge is 2.32. The molecular weight excluding hydrogens is 460 g/mol. The van der Waals surface area contributed by atoms with Crippen molar-refractivity contribution in [2.45, 2.75) is 70.5 Å². The molecule has 1 atom stereocenters. The predicted molar refractivity (Wildman–Crippen MR) is 147 cm³/mol. The minimum atomic E-state index is -0.636. The maximum Gasteiger partial charge on any atom is 0.261 e. The number of ether oxygens (including phenoxy) is 1. The highest BCUT2D eigenvalue weighted by Crippen LogP contribution is 2.21. The molecule has 194 valence electrons. The molecule has 4 rings (SSSR count). The molecule has 0 bridgehead atoms. The molecule has 1 saturated carbocycles. The number of carbonyl (C=O) groups excluding carboxylic acids is 2. The molecule has 1 fully saturated rings. The number of carbonyl (C=O) groups is 2. The van der Waals surface area contributed by atoms with Crippen LogP contribution in [0.5, 0.6) is 5.75 Å². The van der Waals surface area contributed by atoms with Gasteiger partial charge in [-0.15, -0.1) is 0 Å². The Morgan fingerprint density at radius 3 is 2.05 bits per heavy atom. The third-order valence-corrected chi connectivity index (χ3v) is 7.08. The first-order valence-corrected chi connectivity index (χ1v) is 13.4. The van der Waals surface area contributed by atoms with Gasteiger partial charge in [-0.1, -0.05) is 99.5 Å². The lowest BCUT2D eigenvalue weighted by atomic mass is 10.0. The fourth-order valence-electron chi connectivity index (χ4n) is 4.88. The topological polar surface area (TPSA) is 58.6 Å². The van der Waals surface area contributed by atoms with E-state index in [0.717, 1.165) is 36.8 Å². The summed E-state index contributed by atoms with van der Waals surface area (Å²) < 4.78 is 5.91. The average Bonchev–Trinajstić information content (AvgIpc) is 3.43. The number of benzene rings is 3. The van der Waals surface area contributed by atoms with Crippen LogP contribution in [0.1, 0.15) is 62.1 Å². The largest absolute Gasteiger partial charge is 0.484 e. The number of hydrogen-bond donors (Lipinski definition) is 1. The Labute approximate surface area is 220 Å². The van der Waals surface area contributed by atoms with Crippen molar-refractivity contribution in [3.05, 3.63) is 102 Å². The zero-order valence-electron chi connectivity index (χ0n) is 21.9. The molecule has 0 aliphatic heterocycles. The van der Waals surface area contributed by atoms with Gasteiger partial charge >= 0.3 is 0 Å². The van der Waals surface area contributed by atoms with Crippen LogP contribution >= 0.6 is 0 Å². The smallest absolute Gasteiger partial charge is 0.261 e. The Kier molecular flexibility index (Phi) is 9.36. The first kappa shape index (κ1) is 26.5. The molecule has 0 heterocycles. The van der Waals surface area contributed by atoms with Gasteiger partial charge in [-0.05, 0) is 47.6 Å². The lowest BCUT2D eigenvalue weighted by Crippen LogP contribution is -2.53. The maximum atomic E-state index is 13.7. The van der Waals surface area contributed by atoms with Crippen LogP contribution in [0.25, 0.3) is 0 Å². The number of nitrogens with zero attached hydrogens (tertiary/aromatic N) is 1. The van der Waals surface area contributed by atoms with Crippen LogP contribution in [0, 0.1) is 0 Å². The molecule has 1 aliphatic carbocycles. The SMILES string of the molecule is CC(C)c1ccc(OCC(=O)N(Cc2ccccc2)[C@H](Cc2ccccc2)C(=O)NC2CCCC2)cc1. The van der Waals surface area contributed by atoms with Crippen LogP contribution in [0.3, 0.4) is 0 Å². The Morgan fingerprint density at radius 1 is 0.865 bits per heavy atom. The van der Waals surface area contributed by atoms with E-state index in [4.69, 9.17) is 4.74 Å². The van der Waals surface area contributed by atoms with Crippen molar-refractivity contribution in [3.8, 4) is 5.75 Å². The van der Waals surface area contributed by atoms with Crippen molar-refractivity contribution < 1.29 is 14.3 Å². The minimum absolute atomic E-state index is 0.0960. The summed E-state index contributed by atoms with van der Waals surface area (Å²) in [7, 11) is 0. The van der Waals surface area contributed by atoms with Gasteiger partial charge in [-0.3, -0.25) is 9.59 Å². The van der Waals surface area contributed by atoms with Crippen LogP contribution in [0.2, 0.25) is 0 Å². The highest BCUT2D eigenvalue weighted by molar-refractivity contribution is 5.88. The fourth-order valence-corrected chi connectivity index (χ4v) is 4.88. The monoisotopic (exact) mass is 498 g/mol. The molecule has 2 amide bonds. The summed E-state index contributed by atoms with van der Waals surface area (Å²) in [5, 5.41) is 3.24. The van der Waals surface area contributed by atoms with Crippen LogP contribution in [0.15, 0.2) is 84.9 Å². The summed E-state index contributed by atoms with van der Waals surface area (Å²) in [6.07, 6.45) is 4.69. The van der Waals surface area contributed by atoms with Crippen molar-refractivity contribution >= 4 is 11.8 Å². The molecule has 1 N–H and O–H groups in total. The normalized spacial score (nSPS) is 14.4. The van der Waals surface area contributed by atoms with E-state index in [1.54, 1.807) is 4.90 Å². The van der Waals surface area contributed by atoms with Crippen molar-refractivity contribution in [1.82, 2.24) is 10.2 Å². The summed E-state index contributed by atoms with van der Waals surface area (Å²) in [5.74, 6) is 0.766. The Balaban J connectivity index is 1.56. The Hall–Kier alpha value is -3.60. The fraction of sp³-hybridized carbons (Fsp3) is 0.375. The summed E-state index contributed by atoms with van der Waals surface area (Å²) in [6, 6.07) is 27.1. The van der Waals surface area contributed by atoms with E-state index in [-0.39, 0.29) is 24.5 Å². The van der Waals surface area contributed by atoms with Gasteiger partial charge in [0.25, 0.3) is 5.91 Å². The van der Waals surface area contributed by atoms with Crippen molar-refractivity contribution in [2.24, 2.45) is 0 Å². The van der Waals surface area contributed by atoms with E-state index in [0.29, 0.717) is 24.6 Å². The molecule has 0 unspecified atom stereocenters. The molecule has 3 aromatic carbocycles. The standard InChI is InChI=1S/C32H38N2O3/c1-24(2)27-17-19-29(20-18-27)37-23-31(35)34(22-26-13-7-4-8-14-26)30(21-25-11-5-3-6-12-25)32(36)33-28-15-9-10-16-28/h3-8,11-14,17-20,24,28,30H,9-10,15-16,21-23H2,1-2H3,(H,33,36)/t30-/m1/s1. The van der Waals surface area contributed by atoms with Crippen molar-refractivity contribution in [2.75, 3.05) is 6.61 Å². The number of amides is 2. The molecule has 0 spiro atoms. The van der Waals surface area contributed by atoms with Crippen LogP contribution < -0.4 is 10.1 Å². The van der Waals surface area contributed by atoms with E-state index in [2.05, 4.69) is 19.2 Å². The van der Waals surface area contributed by atoms with Crippen LogP contribution in [0.4, 0.5) is 0 Å². The van der Waals surface area contributed by atoms with Gasteiger partial charge in [0.15, 0.2) is 6.61 Å². The molecule has 1 aliphatic rings. The molecule has 37 heavy (non-hydrogen) atoms. The van der Waals surface area contributed by atoms with E-state index in [1.807, 2.05) is 84.9 Å². The third-order valence-electron chi connectivity index (χ3n) is 7.08. The zero-order chi connectivity index (χ0) is 26.0. The lowest BCUT2D eigenvalue weighted by Gasteiger charge is -2.32. The molecule has 0 saturated heterocycles. The summed E-state index contributed by atoms with van der Waals surface area (Å²) in [4.78, 5) is 29.0. The summed E-state index contributed by atoms with van der Waals surface area (Å²) >= 11 is 0. The Morgan fingerprint density at radius 2 is 1.46 bits per heavy atom. The van der Waals surface area contributed by atoms with Gasteiger partial charge in [-0.25, -0.2) is 0 Å². The molecular formula is C32H38N2O3. The van der Waals surface area contributed by atoms with Gasteiger partial charge in [0.05, 0.1) is 0 Å². The summed E-state index contributed by atoms with van der Waals surface area (Å²) in [5.41, 5.74) is 3.21. The second-order valence-corrected chi connectivity index (χ2v) is 10.2. The van der Waals surface area contributed by atoms with Crippen molar-refractivity contribution in [1.29, 1.82) is 0 Å². The highest BCUT2D eigenvalue weighted by atomic mass is 16.5. The molecule has 5 nitrogen and oxygen atoms in total.